The normalized spacial score (nSPS) is 12.7. The molecule has 6 heteroatoms. The monoisotopic (exact) mass is 312 g/mol. The summed E-state index contributed by atoms with van der Waals surface area (Å²) >= 11 is 0. The molecule has 0 aromatic carbocycles. The lowest BCUT2D eigenvalue weighted by Gasteiger charge is -2.34. The largest absolute Gasteiger partial charge is 0.370 e. The Kier molecular flexibility index (Phi) is 9.65. The number of hydrogen-bond acceptors (Lipinski definition) is 4. The van der Waals surface area contributed by atoms with Gasteiger partial charge in [0.25, 0.3) is 0 Å². The van der Waals surface area contributed by atoms with Gasteiger partial charge in [0.15, 0.2) is 5.96 Å². The number of rotatable bonds is 12. The van der Waals surface area contributed by atoms with E-state index in [4.69, 9.17) is 11.1 Å². The molecule has 0 amide bonds. The van der Waals surface area contributed by atoms with Crippen LogP contribution in [0.15, 0.2) is 0 Å². The SMILES string of the molecule is CCCC(=O)C(CCCNC(=N)N)NC(CC)(CC)C(C)=O. The van der Waals surface area contributed by atoms with Crippen LogP contribution in [0.1, 0.15) is 66.2 Å². The van der Waals surface area contributed by atoms with Crippen molar-refractivity contribution in [2.45, 2.75) is 77.8 Å². The Labute approximate surface area is 134 Å². The molecule has 1 atom stereocenters. The maximum Gasteiger partial charge on any atom is 0.185 e. The van der Waals surface area contributed by atoms with E-state index in [-0.39, 0.29) is 23.6 Å². The highest BCUT2D eigenvalue weighted by molar-refractivity contribution is 5.89. The number of nitrogens with two attached hydrogens (primary N) is 1. The van der Waals surface area contributed by atoms with Crippen LogP contribution < -0.4 is 16.4 Å². The highest BCUT2D eigenvalue weighted by Crippen LogP contribution is 2.19. The number of hydrogen-bond donors (Lipinski definition) is 4. The molecule has 0 aliphatic rings. The summed E-state index contributed by atoms with van der Waals surface area (Å²) in [4.78, 5) is 24.4. The molecule has 0 aromatic heterocycles. The minimum Gasteiger partial charge on any atom is -0.370 e. The van der Waals surface area contributed by atoms with Gasteiger partial charge in [-0.2, -0.15) is 0 Å². The third-order valence-electron chi connectivity index (χ3n) is 4.20. The van der Waals surface area contributed by atoms with Crippen LogP contribution in [0.5, 0.6) is 0 Å². The summed E-state index contributed by atoms with van der Waals surface area (Å²) in [6.45, 7) is 8.05. The fourth-order valence-electron chi connectivity index (χ4n) is 2.65. The maximum absolute atomic E-state index is 12.3. The highest BCUT2D eigenvalue weighted by Gasteiger charge is 2.35. The molecule has 0 aliphatic carbocycles. The molecular weight excluding hydrogens is 280 g/mol. The first kappa shape index (κ1) is 20.6. The summed E-state index contributed by atoms with van der Waals surface area (Å²) < 4.78 is 0. The van der Waals surface area contributed by atoms with Crippen molar-refractivity contribution >= 4 is 17.5 Å². The van der Waals surface area contributed by atoms with Crippen molar-refractivity contribution in [2.24, 2.45) is 5.73 Å². The third kappa shape index (κ3) is 6.56. The molecule has 0 fully saturated rings. The number of nitrogens with one attached hydrogen (secondary N) is 3. The second-order valence-electron chi connectivity index (χ2n) is 5.74. The zero-order valence-corrected chi connectivity index (χ0v) is 14.4. The molecule has 0 aromatic rings. The fourth-order valence-corrected chi connectivity index (χ4v) is 2.65. The van der Waals surface area contributed by atoms with E-state index in [0.29, 0.717) is 38.6 Å². The molecule has 0 saturated heterocycles. The smallest absolute Gasteiger partial charge is 0.185 e. The van der Waals surface area contributed by atoms with Crippen molar-refractivity contribution < 1.29 is 9.59 Å². The van der Waals surface area contributed by atoms with E-state index >= 15 is 0 Å². The van der Waals surface area contributed by atoms with Gasteiger partial charge in [-0.05, 0) is 39.0 Å². The van der Waals surface area contributed by atoms with Crippen molar-refractivity contribution in [3.8, 4) is 0 Å². The second kappa shape index (κ2) is 10.3. The molecule has 22 heavy (non-hydrogen) atoms. The number of Topliss-reactive ketones (excluding diaryl/α,β-unsaturated/α-hetero) is 2. The van der Waals surface area contributed by atoms with Gasteiger partial charge in [0.05, 0.1) is 11.6 Å². The first-order chi connectivity index (χ1) is 10.3. The summed E-state index contributed by atoms with van der Waals surface area (Å²) in [7, 11) is 0. The Morgan fingerprint density at radius 1 is 1.23 bits per heavy atom. The molecule has 6 nitrogen and oxygen atoms in total. The summed E-state index contributed by atoms with van der Waals surface area (Å²) in [6.07, 6.45) is 4.00. The van der Waals surface area contributed by atoms with Gasteiger partial charge < -0.3 is 11.1 Å². The average Bonchev–Trinajstić information content (AvgIpc) is 2.46. The Balaban J connectivity index is 4.87. The predicted molar refractivity (Wildman–Crippen MR) is 90.0 cm³/mol. The lowest BCUT2D eigenvalue weighted by molar-refractivity contribution is -0.126. The van der Waals surface area contributed by atoms with Gasteiger partial charge in [-0.15, -0.1) is 0 Å². The molecule has 1 unspecified atom stereocenters. The van der Waals surface area contributed by atoms with Gasteiger partial charge >= 0.3 is 0 Å². The third-order valence-corrected chi connectivity index (χ3v) is 4.20. The van der Waals surface area contributed by atoms with Crippen molar-refractivity contribution in [1.29, 1.82) is 5.41 Å². The van der Waals surface area contributed by atoms with Crippen LogP contribution in [0.2, 0.25) is 0 Å². The lowest BCUT2D eigenvalue weighted by atomic mass is 9.86. The molecule has 0 rings (SSSR count). The Morgan fingerprint density at radius 2 is 1.82 bits per heavy atom. The van der Waals surface area contributed by atoms with Crippen LogP contribution in [-0.4, -0.2) is 35.7 Å². The number of guanidine groups is 1. The standard InChI is InChI=1S/C16H32N4O2/c1-5-9-14(22)13(10-8-11-19-15(17)18)20-16(6-2,7-3)12(4)21/h13,20H,5-11H2,1-4H3,(H4,17,18,19). The lowest BCUT2D eigenvalue weighted by Crippen LogP contribution is -2.56. The highest BCUT2D eigenvalue weighted by atomic mass is 16.1. The van der Waals surface area contributed by atoms with Gasteiger partial charge in [-0.3, -0.25) is 20.3 Å². The maximum atomic E-state index is 12.3. The summed E-state index contributed by atoms with van der Waals surface area (Å²) in [5, 5.41) is 13.2. The first-order valence-electron chi connectivity index (χ1n) is 8.22. The quantitative estimate of drug-likeness (QED) is 0.249. The molecule has 0 bridgehead atoms. The molecule has 0 saturated carbocycles. The van der Waals surface area contributed by atoms with E-state index in [9.17, 15) is 9.59 Å². The van der Waals surface area contributed by atoms with E-state index in [1.807, 2.05) is 20.8 Å². The number of carbonyl (C=O) groups excluding carboxylic acids is 2. The summed E-state index contributed by atoms with van der Waals surface area (Å²) in [5.74, 6) is 0.163. The number of carbonyl (C=O) groups is 2. The Bertz CT molecular complexity index is 378. The van der Waals surface area contributed by atoms with Crippen LogP contribution in [0.4, 0.5) is 0 Å². The summed E-state index contributed by atoms with van der Waals surface area (Å²) in [6, 6.07) is -0.322. The minimum absolute atomic E-state index is 0.0652. The second-order valence-corrected chi connectivity index (χ2v) is 5.74. The molecule has 0 radical (unpaired) electrons. The molecule has 128 valence electrons. The van der Waals surface area contributed by atoms with Crippen LogP contribution in [-0.2, 0) is 9.59 Å². The predicted octanol–water partition coefficient (Wildman–Crippen LogP) is 1.72. The molecular formula is C16H32N4O2. The van der Waals surface area contributed by atoms with Crippen LogP contribution in [0.3, 0.4) is 0 Å². The topological polar surface area (TPSA) is 108 Å². The number of ketones is 2. The van der Waals surface area contributed by atoms with E-state index in [0.717, 1.165) is 6.42 Å². The molecule has 0 aliphatic heterocycles. The van der Waals surface area contributed by atoms with Crippen LogP contribution in [0.25, 0.3) is 0 Å². The Morgan fingerprint density at radius 3 is 2.23 bits per heavy atom. The summed E-state index contributed by atoms with van der Waals surface area (Å²) in [5.41, 5.74) is 4.62. The van der Waals surface area contributed by atoms with Crippen LogP contribution in [0, 0.1) is 5.41 Å². The molecule has 0 spiro atoms. The zero-order valence-electron chi connectivity index (χ0n) is 14.4. The van der Waals surface area contributed by atoms with E-state index in [2.05, 4.69) is 10.6 Å². The molecule has 0 heterocycles. The molecule has 5 N–H and O–H groups in total. The Hall–Kier alpha value is -1.43. The zero-order chi connectivity index (χ0) is 17.2. The van der Waals surface area contributed by atoms with Crippen molar-refractivity contribution in [2.75, 3.05) is 6.54 Å². The van der Waals surface area contributed by atoms with E-state index < -0.39 is 5.54 Å². The van der Waals surface area contributed by atoms with Gasteiger partial charge in [0.1, 0.15) is 11.6 Å². The van der Waals surface area contributed by atoms with E-state index in [1.54, 1.807) is 6.92 Å². The van der Waals surface area contributed by atoms with Crippen LogP contribution >= 0.6 is 0 Å². The fraction of sp³-hybridized carbons (Fsp3) is 0.812. The van der Waals surface area contributed by atoms with Crippen molar-refractivity contribution in [3.05, 3.63) is 0 Å². The van der Waals surface area contributed by atoms with Gasteiger partial charge in [-0.1, -0.05) is 20.8 Å². The van der Waals surface area contributed by atoms with Gasteiger partial charge in [0.2, 0.25) is 0 Å². The van der Waals surface area contributed by atoms with Crippen molar-refractivity contribution in [1.82, 2.24) is 10.6 Å². The minimum atomic E-state index is -0.623. The van der Waals surface area contributed by atoms with Gasteiger partial charge in [0, 0.05) is 13.0 Å². The van der Waals surface area contributed by atoms with Crippen molar-refractivity contribution in [3.63, 3.8) is 0 Å². The van der Waals surface area contributed by atoms with Gasteiger partial charge in [-0.25, -0.2) is 0 Å². The first-order valence-corrected chi connectivity index (χ1v) is 8.22. The van der Waals surface area contributed by atoms with E-state index in [1.165, 1.54) is 0 Å². The average molecular weight is 312 g/mol.